The molecule has 1 atom stereocenters. The predicted molar refractivity (Wildman–Crippen MR) is 36.8 cm³/mol. The number of hydrogen-bond donors (Lipinski definition) is 0. The first-order valence-corrected chi connectivity index (χ1v) is 3.38. The van der Waals surface area contributed by atoms with Crippen molar-refractivity contribution >= 4 is 11.8 Å². The van der Waals surface area contributed by atoms with Crippen LogP contribution >= 0.6 is 0 Å². The van der Waals surface area contributed by atoms with Gasteiger partial charge in [-0.2, -0.15) is 0 Å². The summed E-state index contributed by atoms with van der Waals surface area (Å²) in [6.45, 7) is 2.06. The maximum absolute atomic E-state index is 11.7. The fourth-order valence-electron chi connectivity index (χ4n) is 0.514. The maximum Gasteiger partial charge on any atom is 0.316 e. The van der Waals surface area contributed by atoms with Crippen molar-refractivity contribution in [3.05, 3.63) is 0 Å². The summed E-state index contributed by atoms with van der Waals surface area (Å²) in [5.74, 6) is -2.36. The van der Waals surface area contributed by atoms with Gasteiger partial charge in [0.25, 0.3) is 0 Å². The van der Waals surface area contributed by atoms with Crippen LogP contribution in [0.2, 0.25) is 0 Å². The lowest BCUT2D eigenvalue weighted by atomic mass is 10.1. The van der Waals surface area contributed by atoms with E-state index in [2.05, 4.69) is 4.74 Å². The molecule has 0 fully saturated rings. The molecular weight excluding hydrogens is 151 g/mol. The molecule has 0 aliphatic carbocycles. The zero-order valence-corrected chi connectivity index (χ0v) is 6.59. The van der Waals surface area contributed by atoms with Crippen molar-refractivity contribution in [2.45, 2.75) is 13.8 Å². The smallest absolute Gasteiger partial charge is 0.316 e. The van der Waals surface area contributed by atoms with Crippen LogP contribution in [0, 0.1) is 5.92 Å². The number of ketones is 1. The molecule has 4 heteroatoms. The molecular formula is C7H11FO3. The number of halogens is 1. The minimum Gasteiger partial charge on any atom is -0.465 e. The SMILES string of the molecule is CCOC(=O)[C@@H](C)C(=O)CF. The topological polar surface area (TPSA) is 43.4 Å². The van der Waals surface area contributed by atoms with Gasteiger partial charge < -0.3 is 4.74 Å². The van der Waals surface area contributed by atoms with Gasteiger partial charge in [0.1, 0.15) is 12.6 Å². The molecule has 0 aliphatic heterocycles. The standard InChI is InChI=1S/C7H11FO3/c1-3-11-7(10)5(2)6(9)4-8/h5H,3-4H2,1-2H3/t5-/m0/s1. The van der Waals surface area contributed by atoms with E-state index >= 15 is 0 Å². The van der Waals surface area contributed by atoms with Crippen molar-refractivity contribution in [1.29, 1.82) is 0 Å². The third-order valence-corrected chi connectivity index (χ3v) is 1.25. The first-order valence-electron chi connectivity index (χ1n) is 3.38. The molecule has 0 aliphatic rings. The van der Waals surface area contributed by atoms with Crippen LogP contribution in [0.4, 0.5) is 4.39 Å². The Balaban J connectivity index is 3.91. The predicted octanol–water partition coefficient (Wildman–Crippen LogP) is 0.724. The zero-order chi connectivity index (χ0) is 8.85. The van der Waals surface area contributed by atoms with Gasteiger partial charge >= 0.3 is 5.97 Å². The Labute approximate surface area is 64.5 Å². The summed E-state index contributed by atoms with van der Waals surface area (Å²) in [6.07, 6.45) is 0. The lowest BCUT2D eigenvalue weighted by molar-refractivity contribution is -0.151. The van der Waals surface area contributed by atoms with E-state index in [4.69, 9.17) is 0 Å². The molecule has 0 rings (SSSR count). The van der Waals surface area contributed by atoms with Gasteiger partial charge in [-0.1, -0.05) is 0 Å². The van der Waals surface area contributed by atoms with Crippen molar-refractivity contribution in [3.63, 3.8) is 0 Å². The summed E-state index contributed by atoms with van der Waals surface area (Å²) < 4.78 is 16.2. The third-order valence-electron chi connectivity index (χ3n) is 1.25. The van der Waals surface area contributed by atoms with Crippen molar-refractivity contribution in [2.24, 2.45) is 5.92 Å². The van der Waals surface area contributed by atoms with E-state index in [0.29, 0.717) is 0 Å². The van der Waals surface area contributed by atoms with Gasteiger partial charge in [0.05, 0.1) is 6.61 Å². The number of hydrogen-bond acceptors (Lipinski definition) is 3. The molecule has 11 heavy (non-hydrogen) atoms. The first kappa shape index (κ1) is 10.1. The molecule has 0 radical (unpaired) electrons. The van der Waals surface area contributed by atoms with Crippen molar-refractivity contribution in [1.82, 2.24) is 0 Å². The Morgan fingerprint density at radius 1 is 1.55 bits per heavy atom. The summed E-state index contributed by atoms with van der Waals surface area (Å²) in [5, 5.41) is 0. The molecule has 0 saturated carbocycles. The largest absolute Gasteiger partial charge is 0.465 e. The maximum atomic E-state index is 11.7. The van der Waals surface area contributed by atoms with Gasteiger partial charge in [0.2, 0.25) is 0 Å². The quantitative estimate of drug-likeness (QED) is 0.452. The lowest BCUT2D eigenvalue weighted by Crippen LogP contribution is -2.24. The molecule has 0 aromatic rings. The number of esters is 1. The zero-order valence-electron chi connectivity index (χ0n) is 6.59. The Kier molecular flexibility index (Phi) is 4.41. The van der Waals surface area contributed by atoms with E-state index < -0.39 is 24.3 Å². The summed E-state index contributed by atoms with van der Waals surface area (Å²) >= 11 is 0. The van der Waals surface area contributed by atoms with Gasteiger partial charge in [-0.3, -0.25) is 9.59 Å². The molecule has 0 saturated heterocycles. The monoisotopic (exact) mass is 162 g/mol. The fraction of sp³-hybridized carbons (Fsp3) is 0.714. The second-order valence-electron chi connectivity index (χ2n) is 2.07. The van der Waals surface area contributed by atoms with Gasteiger partial charge in [0.15, 0.2) is 5.78 Å². The van der Waals surface area contributed by atoms with E-state index in [9.17, 15) is 14.0 Å². The van der Waals surface area contributed by atoms with Crippen LogP contribution in [0.3, 0.4) is 0 Å². The molecule has 0 heterocycles. The van der Waals surface area contributed by atoms with Crippen LogP contribution in [0.5, 0.6) is 0 Å². The second kappa shape index (κ2) is 4.82. The Hall–Kier alpha value is -0.930. The normalized spacial score (nSPS) is 12.3. The number of carbonyl (C=O) groups excluding carboxylic acids is 2. The Bertz CT molecular complexity index is 156. The number of alkyl halides is 1. The summed E-state index contributed by atoms with van der Waals surface area (Å²) in [6, 6.07) is 0. The van der Waals surface area contributed by atoms with Crippen LogP contribution in [0.15, 0.2) is 0 Å². The van der Waals surface area contributed by atoms with Crippen LogP contribution in [0.1, 0.15) is 13.8 Å². The molecule has 0 unspecified atom stereocenters. The number of Topliss-reactive ketones (excluding diaryl/α,β-unsaturated/α-hetero) is 1. The van der Waals surface area contributed by atoms with Crippen LogP contribution in [-0.4, -0.2) is 25.0 Å². The summed E-state index contributed by atoms with van der Waals surface area (Å²) in [7, 11) is 0. The number of carbonyl (C=O) groups is 2. The average molecular weight is 162 g/mol. The van der Waals surface area contributed by atoms with Gasteiger partial charge in [-0.05, 0) is 13.8 Å². The third kappa shape index (κ3) is 3.11. The van der Waals surface area contributed by atoms with E-state index in [0.717, 1.165) is 0 Å². The van der Waals surface area contributed by atoms with Crippen molar-refractivity contribution < 1.29 is 18.7 Å². The number of ether oxygens (including phenoxy) is 1. The molecule has 0 amide bonds. The molecule has 64 valence electrons. The van der Waals surface area contributed by atoms with Gasteiger partial charge in [-0.15, -0.1) is 0 Å². The average Bonchev–Trinajstić information content (AvgIpc) is 2.02. The molecule has 0 N–H and O–H groups in total. The highest BCUT2D eigenvalue weighted by atomic mass is 19.1. The van der Waals surface area contributed by atoms with E-state index in [1.807, 2.05) is 0 Å². The molecule has 0 aromatic heterocycles. The minimum absolute atomic E-state index is 0.211. The van der Waals surface area contributed by atoms with Crippen molar-refractivity contribution in [3.8, 4) is 0 Å². The van der Waals surface area contributed by atoms with Crippen LogP contribution in [-0.2, 0) is 14.3 Å². The van der Waals surface area contributed by atoms with Gasteiger partial charge in [-0.25, -0.2) is 4.39 Å². The highest BCUT2D eigenvalue weighted by Crippen LogP contribution is 2.00. The molecule has 0 aromatic carbocycles. The fourth-order valence-corrected chi connectivity index (χ4v) is 0.514. The molecule has 3 nitrogen and oxygen atoms in total. The Morgan fingerprint density at radius 2 is 2.09 bits per heavy atom. The van der Waals surface area contributed by atoms with Crippen molar-refractivity contribution in [2.75, 3.05) is 13.3 Å². The van der Waals surface area contributed by atoms with E-state index in [1.165, 1.54) is 6.92 Å². The lowest BCUT2D eigenvalue weighted by Gasteiger charge is -2.05. The molecule has 0 bridgehead atoms. The second-order valence-corrected chi connectivity index (χ2v) is 2.07. The minimum atomic E-state index is -1.11. The summed E-state index contributed by atoms with van der Waals surface area (Å²) in [5.41, 5.74) is 0. The van der Waals surface area contributed by atoms with E-state index in [-0.39, 0.29) is 6.61 Å². The Morgan fingerprint density at radius 3 is 2.45 bits per heavy atom. The van der Waals surface area contributed by atoms with Gasteiger partial charge in [0, 0.05) is 0 Å². The summed E-state index contributed by atoms with van der Waals surface area (Å²) in [4.78, 5) is 21.3. The molecule has 0 spiro atoms. The van der Waals surface area contributed by atoms with Crippen LogP contribution < -0.4 is 0 Å². The van der Waals surface area contributed by atoms with Crippen LogP contribution in [0.25, 0.3) is 0 Å². The highest BCUT2D eigenvalue weighted by Gasteiger charge is 2.21. The first-order chi connectivity index (χ1) is 5.13. The highest BCUT2D eigenvalue weighted by molar-refractivity contribution is 5.99. The van der Waals surface area contributed by atoms with E-state index in [1.54, 1.807) is 6.92 Å². The number of rotatable bonds is 4.